The predicted molar refractivity (Wildman–Crippen MR) is 88.6 cm³/mol. The Morgan fingerprint density at radius 2 is 2.00 bits per heavy atom. The fourth-order valence-corrected chi connectivity index (χ4v) is 2.83. The van der Waals surface area contributed by atoms with Crippen molar-refractivity contribution in [2.75, 3.05) is 25.1 Å². The highest BCUT2D eigenvalue weighted by Gasteiger charge is 2.33. The second-order valence-corrected chi connectivity index (χ2v) is 6.41. The van der Waals surface area contributed by atoms with Gasteiger partial charge in [-0.25, -0.2) is 0 Å². The van der Waals surface area contributed by atoms with Crippen LogP contribution >= 0.6 is 15.9 Å². The van der Waals surface area contributed by atoms with Gasteiger partial charge < -0.3 is 15.4 Å². The highest BCUT2D eigenvalue weighted by atomic mass is 79.9. The molecular formula is C16H23BrN2O2. The Kier molecular flexibility index (Phi) is 5.79. The predicted octanol–water partition coefficient (Wildman–Crippen LogP) is 3.02. The smallest absolute Gasteiger partial charge is 0.231 e. The van der Waals surface area contributed by atoms with Crippen LogP contribution in [-0.2, 0) is 9.53 Å². The van der Waals surface area contributed by atoms with E-state index in [9.17, 15) is 4.79 Å². The number of rotatable bonds is 5. The first-order valence-corrected chi connectivity index (χ1v) is 8.21. The van der Waals surface area contributed by atoms with Crippen LogP contribution in [0.2, 0.25) is 0 Å². The molecule has 0 saturated carbocycles. The monoisotopic (exact) mass is 354 g/mol. The Balaban J connectivity index is 2.03. The number of nitrogens with one attached hydrogen (secondary N) is 2. The minimum Gasteiger partial charge on any atom is -0.379 e. The molecule has 21 heavy (non-hydrogen) atoms. The van der Waals surface area contributed by atoms with Gasteiger partial charge in [0.1, 0.15) is 0 Å². The van der Waals surface area contributed by atoms with Gasteiger partial charge in [0.25, 0.3) is 0 Å². The van der Waals surface area contributed by atoms with Crippen molar-refractivity contribution in [1.29, 1.82) is 0 Å². The quantitative estimate of drug-likeness (QED) is 0.854. The number of anilines is 1. The fraction of sp³-hybridized carbons (Fsp3) is 0.562. The van der Waals surface area contributed by atoms with Crippen molar-refractivity contribution in [3.8, 4) is 0 Å². The molecule has 0 radical (unpaired) electrons. The Morgan fingerprint density at radius 3 is 2.62 bits per heavy atom. The third kappa shape index (κ3) is 4.05. The lowest BCUT2D eigenvalue weighted by Gasteiger charge is -2.19. The minimum absolute atomic E-state index is 0.0298. The van der Waals surface area contributed by atoms with Gasteiger partial charge in [0.05, 0.1) is 19.1 Å². The van der Waals surface area contributed by atoms with Gasteiger partial charge in [-0.3, -0.25) is 4.79 Å². The molecule has 1 fully saturated rings. The maximum Gasteiger partial charge on any atom is 0.231 e. The van der Waals surface area contributed by atoms with E-state index in [1.54, 1.807) is 0 Å². The molecule has 2 N–H and O–H groups in total. The van der Waals surface area contributed by atoms with Gasteiger partial charge in [0.15, 0.2) is 0 Å². The van der Waals surface area contributed by atoms with Crippen molar-refractivity contribution in [2.45, 2.75) is 33.2 Å². The van der Waals surface area contributed by atoms with Gasteiger partial charge in [-0.15, -0.1) is 0 Å². The highest BCUT2D eigenvalue weighted by Crippen LogP contribution is 2.26. The zero-order valence-corrected chi connectivity index (χ0v) is 14.4. The summed E-state index contributed by atoms with van der Waals surface area (Å²) in [6, 6.07) is 4.08. The number of ether oxygens (including phenoxy) is 1. The number of hydrogen-bond donors (Lipinski definition) is 2. The molecule has 1 aromatic rings. The summed E-state index contributed by atoms with van der Waals surface area (Å²) in [6.07, 6.45) is 1.05. The number of amides is 1. The number of carbonyl (C=O) groups is 1. The van der Waals surface area contributed by atoms with Crippen molar-refractivity contribution in [3.63, 3.8) is 0 Å². The van der Waals surface area contributed by atoms with Crippen LogP contribution in [-0.4, -0.2) is 31.7 Å². The van der Waals surface area contributed by atoms with Crippen LogP contribution in [0, 0.1) is 19.8 Å². The van der Waals surface area contributed by atoms with Crippen LogP contribution in [0.15, 0.2) is 16.6 Å². The van der Waals surface area contributed by atoms with Crippen molar-refractivity contribution >= 4 is 27.5 Å². The molecule has 2 unspecified atom stereocenters. The van der Waals surface area contributed by atoms with E-state index in [4.69, 9.17) is 4.74 Å². The first-order valence-electron chi connectivity index (χ1n) is 7.41. The SMILES string of the molecule is CCCNC1COCC1C(=O)Nc1cc(C)c(Br)c(C)c1. The molecule has 2 rings (SSSR count). The van der Waals surface area contributed by atoms with Crippen LogP contribution in [0.25, 0.3) is 0 Å². The molecule has 1 aliphatic rings. The summed E-state index contributed by atoms with van der Waals surface area (Å²) < 4.78 is 6.55. The topological polar surface area (TPSA) is 50.4 Å². The van der Waals surface area contributed by atoms with E-state index >= 15 is 0 Å². The van der Waals surface area contributed by atoms with Crippen molar-refractivity contribution in [1.82, 2.24) is 5.32 Å². The van der Waals surface area contributed by atoms with Gasteiger partial charge >= 0.3 is 0 Å². The number of carbonyl (C=O) groups excluding carboxylic acids is 1. The summed E-state index contributed by atoms with van der Waals surface area (Å²) in [6.45, 7) is 8.17. The number of halogens is 1. The van der Waals surface area contributed by atoms with Gasteiger partial charge in [0.2, 0.25) is 5.91 Å². The Labute approximate surface area is 134 Å². The van der Waals surface area contributed by atoms with E-state index in [2.05, 4.69) is 33.5 Å². The second kappa shape index (κ2) is 7.38. The molecule has 0 bridgehead atoms. The summed E-state index contributed by atoms with van der Waals surface area (Å²) in [5.41, 5.74) is 3.08. The van der Waals surface area contributed by atoms with Gasteiger partial charge in [-0.1, -0.05) is 22.9 Å². The van der Waals surface area contributed by atoms with Gasteiger partial charge in [-0.05, 0) is 50.1 Å². The van der Waals surface area contributed by atoms with E-state index in [1.807, 2.05) is 26.0 Å². The first-order chi connectivity index (χ1) is 10.0. The standard InChI is InChI=1S/C16H23BrN2O2/c1-4-5-18-14-9-21-8-13(14)16(20)19-12-6-10(2)15(17)11(3)7-12/h6-7,13-14,18H,4-5,8-9H2,1-3H3,(H,19,20). The van der Waals surface area contributed by atoms with Crippen molar-refractivity contribution in [2.24, 2.45) is 5.92 Å². The molecule has 1 heterocycles. The third-order valence-corrected chi connectivity index (χ3v) is 5.03. The largest absolute Gasteiger partial charge is 0.379 e. The van der Waals surface area contributed by atoms with Crippen LogP contribution in [0.3, 0.4) is 0 Å². The number of benzene rings is 1. The summed E-state index contributed by atoms with van der Waals surface area (Å²) in [4.78, 5) is 12.5. The maximum absolute atomic E-state index is 12.5. The molecule has 1 amide bonds. The number of hydrogen-bond acceptors (Lipinski definition) is 3. The van der Waals surface area contributed by atoms with Gasteiger partial charge in [-0.2, -0.15) is 0 Å². The molecular weight excluding hydrogens is 332 g/mol. The molecule has 0 aromatic heterocycles. The zero-order valence-electron chi connectivity index (χ0n) is 12.8. The Morgan fingerprint density at radius 1 is 1.33 bits per heavy atom. The highest BCUT2D eigenvalue weighted by molar-refractivity contribution is 9.10. The lowest BCUT2D eigenvalue weighted by Crippen LogP contribution is -2.41. The summed E-state index contributed by atoms with van der Waals surface area (Å²) in [5, 5.41) is 6.41. The third-order valence-electron chi connectivity index (χ3n) is 3.78. The van der Waals surface area contributed by atoms with E-state index < -0.39 is 0 Å². The first kappa shape index (κ1) is 16.5. The average Bonchev–Trinajstić information content (AvgIpc) is 2.90. The summed E-state index contributed by atoms with van der Waals surface area (Å²) in [5.74, 6) is -0.0944. The average molecular weight is 355 g/mol. The normalized spacial score (nSPS) is 21.5. The number of aryl methyl sites for hydroxylation is 2. The fourth-order valence-electron chi connectivity index (χ4n) is 2.60. The van der Waals surface area contributed by atoms with Crippen LogP contribution in [0.5, 0.6) is 0 Å². The Bertz CT molecular complexity index is 496. The van der Waals surface area contributed by atoms with E-state index in [0.717, 1.165) is 34.3 Å². The lowest BCUT2D eigenvalue weighted by molar-refractivity contribution is -0.120. The van der Waals surface area contributed by atoms with Crippen molar-refractivity contribution < 1.29 is 9.53 Å². The molecule has 0 aliphatic carbocycles. The van der Waals surface area contributed by atoms with E-state index in [-0.39, 0.29) is 17.9 Å². The van der Waals surface area contributed by atoms with E-state index in [0.29, 0.717) is 13.2 Å². The molecule has 1 aliphatic heterocycles. The van der Waals surface area contributed by atoms with E-state index in [1.165, 1.54) is 0 Å². The van der Waals surface area contributed by atoms with Crippen LogP contribution in [0.4, 0.5) is 5.69 Å². The lowest BCUT2D eigenvalue weighted by atomic mass is 10.0. The summed E-state index contributed by atoms with van der Waals surface area (Å²) in [7, 11) is 0. The molecule has 5 heteroatoms. The van der Waals surface area contributed by atoms with Crippen molar-refractivity contribution in [3.05, 3.63) is 27.7 Å². The Hall–Kier alpha value is -0.910. The molecule has 1 saturated heterocycles. The molecule has 4 nitrogen and oxygen atoms in total. The van der Waals surface area contributed by atoms with Crippen LogP contribution < -0.4 is 10.6 Å². The minimum atomic E-state index is -0.124. The molecule has 1 aromatic carbocycles. The molecule has 116 valence electrons. The zero-order chi connectivity index (χ0) is 15.4. The summed E-state index contributed by atoms with van der Waals surface area (Å²) >= 11 is 3.54. The second-order valence-electron chi connectivity index (χ2n) is 5.62. The van der Waals surface area contributed by atoms with Gasteiger partial charge in [0, 0.05) is 16.2 Å². The molecule has 2 atom stereocenters. The molecule has 0 spiro atoms. The maximum atomic E-state index is 12.5. The van der Waals surface area contributed by atoms with Crippen LogP contribution in [0.1, 0.15) is 24.5 Å².